The van der Waals surface area contributed by atoms with Crippen molar-refractivity contribution in [1.82, 2.24) is 10.2 Å². The second kappa shape index (κ2) is 8.17. The third-order valence-corrected chi connectivity index (χ3v) is 6.04. The maximum atomic E-state index is 12.1. The van der Waals surface area contributed by atoms with Crippen LogP contribution in [-0.4, -0.2) is 62.5 Å². The molecule has 2 aliphatic heterocycles. The van der Waals surface area contributed by atoms with Gasteiger partial charge in [0.25, 0.3) is 0 Å². The topological polar surface area (TPSA) is 60.0 Å². The molecule has 3 aliphatic rings. The van der Waals surface area contributed by atoms with Gasteiger partial charge in [-0.05, 0) is 30.0 Å². The molecule has 1 aliphatic carbocycles. The molecule has 0 bridgehead atoms. The fourth-order valence-corrected chi connectivity index (χ4v) is 4.76. The Morgan fingerprint density at radius 1 is 1.37 bits per heavy atom. The molecular weight excluding hydrogens is 344 g/mol. The number of nitrogens with zero attached hydrogens (tertiary/aromatic N) is 1. The maximum Gasteiger partial charge on any atom is 0.246 e. The van der Waals surface area contributed by atoms with Gasteiger partial charge >= 0.3 is 0 Å². The minimum absolute atomic E-state index is 0.0527. The van der Waals surface area contributed by atoms with Crippen molar-refractivity contribution in [2.24, 2.45) is 0 Å². The van der Waals surface area contributed by atoms with E-state index in [1.807, 2.05) is 0 Å². The fraction of sp³-hybridized carbons (Fsp3) is 0.667. The van der Waals surface area contributed by atoms with Crippen molar-refractivity contribution in [3.05, 3.63) is 29.3 Å². The van der Waals surface area contributed by atoms with Crippen LogP contribution >= 0.6 is 0 Å². The van der Waals surface area contributed by atoms with Gasteiger partial charge < -0.3 is 19.5 Å². The predicted octanol–water partition coefficient (Wildman–Crippen LogP) is 1.90. The Labute approximate surface area is 161 Å². The van der Waals surface area contributed by atoms with E-state index in [1.54, 1.807) is 7.11 Å². The molecule has 1 spiro atoms. The molecule has 6 nitrogen and oxygen atoms in total. The van der Waals surface area contributed by atoms with Crippen LogP contribution in [0.15, 0.2) is 18.2 Å². The molecule has 0 unspecified atom stereocenters. The van der Waals surface area contributed by atoms with Gasteiger partial charge in [0.2, 0.25) is 5.91 Å². The minimum atomic E-state index is -0.278. The first kappa shape index (κ1) is 18.7. The highest BCUT2D eigenvalue weighted by molar-refractivity contribution is 5.77. The van der Waals surface area contributed by atoms with Gasteiger partial charge in [-0.2, -0.15) is 0 Å². The lowest BCUT2D eigenvalue weighted by molar-refractivity contribution is -0.152. The largest absolute Gasteiger partial charge is 0.493 e. The van der Waals surface area contributed by atoms with Gasteiger partial charge in [-0.25, -0.2) is 0 Å². The summed E-state index contributed by atoms with van der Waals surface area (Å²) < 4.78 is 16.9. The number of rotatable bonds is 5. The van der Waals surface area contributed by atoms with E-state index in [0.29, 0.717) is 6.61 Å². The van der Waals surface area contributed by atoms with Crippen LogP contribution in [-0.2, 0) is 27.2 Å². The lowest BCUT2D eigenvalue weighted by atomic mass is 9.78. The van der Waals surface area contributed by atoms with E-state index >= 15 is 0 Å². The van der Waals surface area contributed by atoms with Gasteiger partial charge in [0.1, 0.15) is 18.0 Å². The Hall–Kier alpha value is -1.63. The quantitative estimate of drug-likeness (QED) is 0.853. The number of fused-ring (bicyclic) bond motifs is 1. The van der Waals surface area contributed by atoms with Crippen LogP contribution < -0.4 is 10.1 Å². The second-order valence-corrected chi connectivity index (χ2v) is 7.96. The first-order valence-electron chi connectivity index (χ1n) is 10.1. The summed E-state index contributed by atoms with van der Waals surface area (Å²) in [5, 5.41) is 3.17. The van der Waals surface area contributed by atoms with Gasteiger partial charge in [-0.1, -0.05) is 25.0 Å². The minimum Gasteiger partial charge on any atom is -0.493 e. The second-order valence-electron chi connectivity index (χ2n) is 7.96. The molecule has 2 atom stereocenters. The van der Waals surface area contributed by atoms with Crippen molar-refractivity contribution in [3.8, 4) is 5.75 Å². The van der Waals surface area contributed by atoms with E-state index in [0.717, 1.165) is 64.1 Å². The van der Waals surface area contributed by atoms with Crippen molar-refractivity contribution in [3.63, 3.8) is 0 Å². The lowest BCUT2D eigenvalue weighted by Gasteiger charge is -2.49. The molecule has 1 amide bonds. The molecule has 6 heteroatoms. The molecule has 0 aromatic heterocycles. The predicted molar refractivity (Wildman–Crippen MR) is 102 cm³/mol. The third-order valence-electron chi connectivity index (χ3n) is 6.04. The number of hydrogen-bond acceptors (Lipinski definition) is 5. The van der Waals surface area contributed by atoms with Crippen LogP contribution in [0.3, 0.4) is 0 Å². The molecular formula is C21H30N2O4. The highest BCUT2D eigenvalue weighted by Gasteiger charge is 2.45. The molecule has 1 saturated carbocycles. The van der Waals surface area contributed by atoms with Crippen LogP contribution in [0.5, 0.6) is 5.75 Å². The lowest BCUT2D eigenvalue weighted by Crippen LogP contribution is -2.64. The molecule has 1 N–H and O–H groups in total. The zero-order chi connectivity index (χ0) is 18.7. The third kappa shape index (κ3) is 4.13. The highest BCUT2D eigenvalue weighted by Crippen LogP contribution is 2.35. The van der Waals surface area contributed by atoms with Crippen molar-refractivity contribution in [2.75, 3.05) is 40.0 Å². The van der Waals surface area contributed by atoms with Crippen molar-refractivity contribution >= 4 is 5.91 Å². The zero-order valence-electron chi connectivity index (χ0n) is 16.2. The Kier molecular flexibility index (Phi) is 5.66. The number of methoxy groups -OCH3 is 1. The molecule has 27 heavy (non-hydrogen) atoms. The summed E-state index contributed by atoms with van der Waals surface area (Å²) in [6.07, 6.45) is 5.26. The molecule has 0 radical (unpaired) electrons. The van der Waals surface area contributed by atoms with Crippen LogP contribution in [0.25, 0.3) is 0 Å². The van der Waals surface area contributed by atoms with E-state index in [2.05, 4.69) is 28.4 Å². The first-order valence-corrected chi connectivity index (χ1v) is 10.1. The Morgan fingerprint density at radius 2 is 2.30 bits per heavy atom. The van der Waals surface area contributed by atoms with Gasteiger partial charge in [-0.3, -0.25) is 9.69 Å². The molecule has 2 heterocycles. The molecule has 1 aromatic rings. The van der Waals surface area contributed by atoms with E-state index in [1.165, 1.54) is 11.1 Å². The number of nitrogens with one attached hydrogen (secondary N) is 1. The number of benzene rings is 1. The maximum absolute atomic E-state index is 12.1. The number of ether oxygens (including phenoxy) is 3. The van der Waals surface area contributed by atoms with E-state index in [9.17, 15) is 4.79 Å². The Balaban J connectivity index is 1.44. The van der Waals surface area contributed by atoms with Crippen LogP contribution in [0, 0.1) is 0 Å². The SMILES string of the molecule is COCC(=O)N[C@H]1CCCC[C@]12CN(Cc1ccc3c(c1)CCO3)CCO2. The molecule has 2 fully saturated rings. The van der Waals surface area contributed by atoms with E-state index in [-0.39, 0.29) is 24.2 Å². The first-order chi connectivity index (χ1) is 13.2. The zero-order valence-corrected chi connectivity index (χ0v) is 16.2. The summed E-state index contributed by atoms with van der Waals surface area (Å²) >= 11 is 0. The average molecular weight is 374 g/mol. The fourth-order valence-electron chi connectivity index (χ4n) is 4.76. The summed E-state index contributed by atoms with van der Waals surface area (Å²) in [6, 6.07) is 6.61. The van der Waals surface area contributed by atoms with Crippen LogP contribution in [0.1, 0.15) is 36.8 Å². The monoisotopic (exact) mass is 374 g/mol. The van der Waals surface area contributed by atoms with Gasteiger partial charge in [0.05, 0.1) is 19.3 Å². The summed E-state index contributed by atoms with van der Waals surface area (Å²) in [4.78, 5) is 14.6. The summed E-state index contributed by atoms with van der Waals surface area (Å²) in [5.41, 5.74) is 2.37. The normalized spacial score (nSPS) is 28.0. The van der Waals surface area contributed by atoms with Crippen LogP contribution in [0.2, 0.25) is 0 Å². The summed E-state index contributed by atoms with van der Waals surface area (Å²) in [5.74, 6) is 0.980. The summed E-state index contributed by atoms with van der Waals surface area (Å²) in [6.45, 7) is 4.31. The molecule has 1 saturated heterocycles. The number of morpholine rings is 1. The van der Waals surface area contributed by atoms with E-state index in [4.69, 9.17) is 14.2 Å². The Morgan fingerprint density at radius 3 is 3.19 bits per heavy atom. The van der Waals surface area contributed by atoms with Gasteiger partial charge in [0.15, 0.2) is 0 Å². The Bertz CT molecular complexity index is 676. The smallest absolute Gasteiger partial charge is 0.246 e. The van der Waals surface area contributed by atoms with Crippen molar-refractivity contribution < 1.29 is 19.0 Å². The molecule has 1 aromatic carbocycles. The van der Waals surface area contributed by atoms with Gasteiger partial charge in [-0.15, -0.1) is 0 Å². The number of carbonyl (C=O) groups is 1. The molecule has 4 rings (SSSR count). The van der Waals surface area contributed by atoms with E-state index < -0.39 is 0 Å². The summed E-state index contributed by atoms with van der Waals surface area (Å²) in [7, 11) is 1.55. The molecule has 148 valence electrons. The highest BCUT2D eigenvalue weighted by atomic mass is 16.5. The standard InChI is InChI=1S/C21H30N2O4/c1-25-14-20(24)22-19-4-2-3-8-21(19)15-23(9-11-27-21)13-16-5-6-18-17(12-16)7-10-26-18/h5-6,12,19H,2-4,7-11,13-15H2,1H3,(H,22,24)/t19-,21-/m0/s1. The van der Waals surface area contributed by atoms with Gasteiger partial charge in [0, 0.05) is 33.2 Å². The average Bonchev–Trinajstić information content (AvgIpc) is 3.12. The van der Waals surface area contributed by atoms with Crippen molar-refractivity contribution in [1.29, 1.82) is 0 Å². The number of carbonyl (C=O) groups excluding carboxylic acids is 1. The van der Waals surface area contributed by atoms with Crippen LogP contribution in [0.4, 0.5) is 0 Å². The number of hydrogen-bond donors (Lipinski definition) is 1. The van der Waals surface area contributed by atoms with Crippen molar-refractivity contribution in [2.45, 2.75) is 50.3 Å². The number of amides is 1.